The topological polar surface area (TPSA) is 39.1 Å². The zero-order chi connectivity index (χ0) is 17.1. The van der Waals surface area contributed by atoms with Crippen molar-refractivity contribution in [2.24, 2.45) is 5.10 Å². The molecule has 0 atom stereocenters. The molecule has 4 rings (SSSR count). The molecule has 0 aromatic heterocycles. The second kappa shape index (κ2) is 6.85. The van der Waals surface area contributed by atoms with Crippen LogP contribution in [0.4, 0.5) is 5.69 Å². The quantitative estimate of drug-likeness (QED) is 0.744. The highest BCUT2D eigenvalue weighted by Crippen LogP contribution is 2.25. The van der Waals surface area contributed by atoms with Crippen LogP contribution >= 0.6 is 0 Å². The number of hydrogen-bond acceptors (Lipinski definition) is 4. The van der Waals surface area contributed by atoms with Gasteiger partial charge in [0.15, 0.2) is 0 Å². The number of benzene rings is 3. The van der Waals surface area contributed by atoms with Crippen molar-refractivity contribution in [3.63, 3.8) is 0 Å². The minimum atomic E-state index is 0.269. The molecule has 1 fully saturated rings. The predicted molar refractivity (Wildman–Crippen MR) is 103 cm³/mol. The van der Waals surface area contributed by atoms with E-state index in [0.29, 0.717) is 0 Å². The number of nitrogens with zero attached hydrogens (tertiary/aromatic N) is 3. The van der Waals surface area contributed by atoms with Gasteiger partial charge in [-0.2, -0.15) is 5.10 Å². The Hall–Kier alpha value is -3.01. The average Bonchev–Trinajstić information content (AvgIpc) is 2.68. The minimum absolute atomic E-state index is 0.269. The fourth-order valence-corrected chi connectivity index (χ4v) is 3.27. The van der Waals surface area contributed by atoms with E-state index in [1.807, 2.05) is 36.4 Å². The lowest BCUT2D eigenvalue weighted by Crippen LogP contribution is -2.44. The number of piperazine rings is 1. The molecule has 1 heterocycles. The van der Waals surface area contributed by atoms with E-state index in [4.69, 9.17) is 0 Å². The molecular formula is C21H21N3O. The zero-order valence-electron chi connectivity index (χ0n) is 14.0. The number of hydrazone groups is 1. The van der Waals surface area contributed by atoms with Crippen LogP contribution in [-0.4, -0.2) is 42.5 Å². The summed E-state index contributed by atoms with van der Waals surface area (Å²) < 4.78 is 0. The Bertz CT molecular complexity index is 884. The summed E-state index contributed by atoms with van der Waals surface area (Å²) in [4.78, 5) is 2.38. The van der Waals surface area contributed by atoms with Crippen LogP contribution in [0.2, 0.25) is 0 Å². The van der Waals surface area contributed by atoms with Crippen molar-refractivity contribution < 1.29 is 5.11 Å². The van der Waals surface area contributed by atoms with Gasteiger partial charge in [-0.1, -0.05) is 48.5 Å². The SMILES string of the molecule is Oc1ccc2ccccc2c1/C=N\N1CCN(c2ccccc2)CC1. The molecule has 1 N–H and O–H groups in total. The van der Waals surface area contributed by atoms with E-state index in [9.17, 15) is 5.11 Å². The molecule has 0 radical (unpaired) electrons. The first-order valence-electron chi connectivity index (χ1n) is 8.61. The van der Waals surface area contributed by atoms with Crippen molar-refractivity contribution in [1.29, 1.82) is 0 Å². The smallest absolute Gasteiger partial charge is 0.125 e. The van der Waals surface area contributed by atoms with Crippen LogP contribution < -0.4 is 4.90 Å². The summed E-state index contributed by atoms with van der Waals surface area (Å²) >= 11 is 0. The minimum Gasteiger partial charge on any atom is -0.507 e. The van der Waals surface area contributed by atoms with Gasteiger partial charge >= 0.3 is 0 Å². The lowest BCUT2D eigenvalue weighted by atomic mass is 10.0. The lowest BCUT2D eigenvalue weighted by molar-refractivity contribution is 0.272. The third-order valence-corrected chi connectivity index (χ3v) is 4.68. The predicted octanol–water partition coefficient (Wildman–Crippen LogP) is 3.70. The van der Waals surface area contributed by atoms with E-state index in [0.717, 1.165) is 42.5 Å². The number of phenols is 1. The fourth-order valence-electron chi connectivity index (χ4n) is 3.27. The molecule has 3 aromatic carbocycles. The molecule has 0 unspecified atom stereocenters. The van der Waals surface area contributed by atoms with Crippen LogP contribution in [0.5, 0.6) is 5.75 Å². The summed E-state index contributed by atoms with van der Waals surface area (Å²) in [5, 5.41) is 19.0. The average molecular weight is 331 g/mol. The largest absolute Gasteiger partial charge is 0.507 e. The van der Waals surface area contributed by atoms with Crippen molar-refractivity contribution in [3.8, 4) is 5.75 Å². The Balaban J connectivity index is 1.48. The maximum absolute atomic E-state index is 10.2. The molecule has 3 aromatic rings. The number of fused-ring (bicyclic) bond motifs is 1. The summed E-state index contributed by atoms with van der Waals surface area (Å²) in [6.07, 6.45) is 1.79. The molecule has 0 aliphatic carbocycles. The summed E-state index contributed by atoms with van der Waals surface area (Å²) in [6, 6.07) is 22.2. The first-order chi connectivity index (χ1) is 12.3. The maximum atomic E-state index is 10.2. The normalized spacial score (nSPS) is 15.2. The summed E-state index contributed by atoms with van der Waals surface area (Å²) in [6.45, 7) is 3.64. The standard InChI is InChI=1S/C21H21N3O/c25-21-11-10-17-6-4-5-9-19(17)20(21)16-22-24-14-12-23(13-15-24)18-7-2-1-3-8-18/h1-11,16,25H,12-15H2/b22-16-. The fraction of sp³-hybridized carbons (Fsp3) is 0.190. The highest BCUT2D eigenvalue weighted by molar-refractivity contribution is 6.02. The van der Waals surface area contributed by atoms with Gasteiger partial charge in [0.1, 0.15) is 5.75 Å². The maximum Gasteiger partial charge on any atom is 0.125 e. The summed E-state index contributed by atoms with van der Waals surface area (Å²) in [5.74, 6) is 0.269. The van der Waals surface area contributed by atoms with Gasteiger partial charge in [-0.15, -0.1) is 0 Å². The monoisotopic (exact) mass is 331 g/mol. The molecule has 1 aliphatic rings. The van der Waals surface area contributed by atoms with Gasteiger partial charge in [0, 0.05) is 24.3 Å². The van der Waals surface area contributed by atoms with E-state index >= 15 is 0 Å². The molecule has 1 aliphatic heterocycles. The molecule has 4 heteroatoms. The van der Waals surface area contributed by atoms with Gasteiger partial charge in [-0.05, 0) is 29.0 Å². The van der Waals surface area contributed by atoms with Crippen molar-refractivity contribution >= 4 is 22.7 Å². The van der Waals surface area contributed by atoms with Crippen molar-refractivity contribution in [2.45, 2.75) is 0 Å². The Labute approximate surface area is 147 Å². The highest BCUT2D eigenvalue weighted by Gasteiger charge is 2.15. The van der Waals surface area contributed by atoms with E-state index in [2.05, 4.69) is 39.3 Å². The molecule has 1 saturated heterocycles. The Morgan fingerprint density at radius 1 is 0.800 bits per heavy atom. The van der Waals surface area contributed by atoms with Gasteiger partial charge in [0.25, 0.3) is 0 Å². The van der Waals surface area contributed by atoms with E-state index in [-0.39, 0.29) is 5.75 Å². The first kappa shape index (κ1) is 15.5. The Morgan fingerprint density at radius 2 is 1.52 bits per heavy atom. The molecule has 0 spiro atoms. The van der Waals surface area contributed by atoms with Crippen molar-refractivity contribution in [3.05, 3.63) is 72.3 Å². The van der Waals surface area contributed by atoms with Gasteiger partial charge in [-0.3, -0.25) is 5.01 Å². The van der Waals surface area contributed by atoms with Gasteiger partial charge in [0.05, 0.1) is 19.3 Å². The second-order valence-electron chi connectivity index (χ2n) is 6.24. The molecular weight excluding hydrogens is 310 g/mol. The van der Waals surface area contributed by atoms with Crippen molar-refractivity contribution in [1.82, 2.24) is 5.01 Å². The van der Waals surface area contributed by atoms with Gasteiger partial charge < -0.3 is 10.0 Å². The van der Waals surface area contributed by atoms with E-state index in [1.165, 1.54) is 5.69 Å². The number of phenolic OH excluding ortho intramolecular Hbond substituents is 1. The molecule has 0 bridgehead atoms. The number of anilines is 1. The first-order valence-corrected chi connectivity index (χ1v) is 8.61. The van der Waals surface area contributed by atoms with Crippen LogP contribution in [0.3, 0.4) is 0 Å². The van der Waals surface area contributed by atoms with Crippen LogP contribution in [0.15, 0.2) is 71.8 Å². The summed E-state index contributed by atoms with van der Waals surface area (Å²) in [5.41, 5.74) is 2.04. The van der Waals surface area contributed by atoms with Crippen LogP contribution in [0.25, 0.3) is 10.8 Å². The molecule has 4 nitrogen and oxygen atoms in total. The van der Waals surface area contributed by atoms with Gasteiger partial charge in [-0.25, -0.2) is 0 Å². The van der Waals surface area contributed by atoms with Crippen molar-refractivity contribution in [2.75, 3.05) is 31.1 Å². The van der Waals surface area contributed by atoms with Crippen LogP contribution in [-0.2, 0) is 0 Å². The number of rotatable bonds is 3. The molecule has 25 heavy (non-hydrogen) atoms. The number of aromatic hydroxyl groups is 1. The molecule has 0 amide bonds. The lowest BCUT2D eigenvalue weighted by Gasteiger charge is -2.34. The molecule has 126 valence electrons. The van der Waals surface area contributed by atoms with Gasteiger partial charge in [0.2, 0.25) is 0 Å². The third-order valence-electron chi connectivity index (χ3n) is 4.68. The zero-order valence-corrected chi connectivity index (χ0v) is 14.0. The molecule has 0 saturated carbocycles. The van der Waals surface area contributed by atoms with Crippen LogP contribution in [0.1, 0.15) is 5.56 Å². The Morgan fingerprint density at radius 3 is 2.32 bits per heavy atom. The Kier molecular flexibility index (Phi) is 4.25. The number of hydrogen-bond donors (Lipinski definition) is 1. The summed E-state index contributed by atoms with van der Waals surface area (Å²) in [7, 11) is 0. The second-order valence-corrected chi connectivity index (χ2v) is 6.24. The number of para-hydroxylation sites is 1. The van der Waals surface area contributed by atoms with E-state index in [1.54, 1.807) is 12.3 Å². The highest BCUT2D eigenvalue weighted by atomic mass is 16.3. The third kappa shape index (κ3) is 3.29. The van der Waals surface area contributed by atoms with Crippen LogP contribution in [0, 0.1) is 0 Å². The van der Waals surface area contributed by atoms with E-state index < -0.39 is 0 Å².